The number of carbonyl (C=O) groups excluding carboxylic acids is 1. The van der Waals surface area contributed by atoms with E-state index < -0.39 is 5.54 Å². The van der Waals surface area contributed by atoms with Gasteiger partial charge >= 0.3 is 0 Å². The van der Waals surface area contributed by atoms with E-state index in [0.717, 1.165) is 11.4 Å². The molecule has 26 heavy (non-hydrogen) atoms. The molecular formula is C19H32N4O3. The normalized spacial score (nSPS) is 30.9. The third kappa shape index (κ3) is 3.17. The Morgan fingerprint density at radius 1 is 1.46 bits per heavy atom. The van der Waals surface area contributed by atoms with Crippen molar-refractivity contribution in [2.75, 3.05) is 26.3 Å². The first-order chi connectivity index (χ1) is 12.2. The molecule has 1 amide bonds. The average Bonchev–Trinajstić information content (AvgIpc) is 2.91. The monoisotopic (exact) mass is 364 g/mol. The summed E-state index contributed by atoms with van der Waals surface area (Å²) in [6.07, 6.45) is 0.541. The molecule has 1 aliphatic carbocycles. The lowest BCUT2D eigenvalue weighted by atomic mass is 9.54. The number of hydrogen-bond donors (Lipinski definition) is 1. The van der Waals surface area contributed by atoms with E-state index in [9.17, 15) is 4.79 Å². The van der Waals surface area contributed by atoms with Crippen LogP contribution in [0.5, 0.6) is 0 Å². The molecule has 1 aromatic rings. The highest BCUT2D eigenvalue weighted by atomic mass is 16.5. The lowest BCUT2D eigenvalue weighted by molar-refractivity contribution is -0.184. The van der Waals surface area contributed by atoms with Crippen molar-refractivity contribution in [3.63, 3.8) is 0 Å². The summed E-state index contributed by atoms with van der Waals surface area (Å²) in [4.78, 5) is 15.1. The molecule has 3 rings (SSSR count). The third-order valence-corrected chi connectivity index (χ3v) is 6.12. The van der Waals surface area contributed by atoms with Gasteiger partial charge in [0, 0.05) is 37.2 Å². The smallest absolute Gasteiger partial charge is 0.243 e. The van der Waals surface area contributed by atoms with Gasteiger partial charge in [0.2, 0.25) is 5.91 Å². The largest absolute Gasteiger partial charge is 0.378 e. The van der Waals surface area contributed by atoms with E-state index in [2.05, 4.69) is 5.10 Å². The highest BCUT2D eigenvalue weighted by Crippen LogP contribution is 2.50. The minimum absolute atomic E-state index is 0.0140. The molecule has 1 saturated heterocycles. The van der Waals surface area contributed by atoms with Crippen LogP contribution in [-0.4, -0.2) is 64.6 Å². The zero-order chi connectivity index (χ0) is 19.1. The Labute approximate surface area is 155 Å². The highest BCUT2D eigenvalue weighted by Gasteiger charge is 2.63. The molecule has 1 saturated carbocycles. The summed E-state index contributed by atoms with van der Waals surface area (Å²) >= 11 is 0. The van der Waals surface area contributed by atoms with Crippen LogP contribution >= 0.6 is 0 Å². The molecule has 7 heteroatoms. The molecule has 3 atom stereocenters. The topological polar surface area (TPSA) is 82.6 Å². The Balaban J connectivity index is 1.66. The Kier molecular flexibility index (Phi) is 5.16. The summed E-state index contributed by atoms with van der Waals surface area (Å²) in [5.74, 6) is 0.0140. The summed E-state index contributed by atoms with van der Waals surface area (Å²) in [6, 6.07) is 2.05. The molecule has 0 aromatic carbocycles. The molecular weight excluding hydrogens is 332 g/mol. The summed E-state index contributed by atoms with van der Waals surface area (Å²) < 4.78 is 13.6. The standard InChI is InChI=1S/C19H32N4O3/c1-6-25-16-10-19(20,18(16,4)5)17(24)22-7-8-26-15(11-22)12-23-14(3)9-13(2)21-23/h9,15-16H,6-8,10-12,20H2,1-5H3. The molecule has 2 N–H and O–H groups in total. The zero-order valence-electron chi connectivity index (χ0n) is 16.6. The van der Waals surface area contributed by atoms with E-state index in [4.69, 9.17) is 15.2 Å². The Bertz CT molecular complexity index is 672. The first kappa shape index (κ1) is 19.3. The number of rotatable bonds is 5. The lowest BCUT2D eigenvalue weighted by Crippen LogP contribution is -2.76. The van der Waals surface area contributed by atoms with Gasteiger partial charge in [-0.1, -0.05) is 13.8 Å². The van der Waals surface area contributed by atoms with Crippen molar-refractivity contribution >= 4 is 5.91 Å². The highest BCUT2D eigenvalue weighted by molar-refractivity contribution is 5.89. The minimum atomic E-state index is -0.868. The second-order valence-corrected chi connectivity index (χ2v) is 8.19. The molecule has 1 aliphatic heterocycles. The van der Waals surface area contributed by atoms with E-state index in [1.807, 2.05) is 50.3 Å². The molecule has 0 radical (unpaired) electrons. The van der Waals surface area contributed by atoms with Crippen molar-refractivity contribution in [2.24, 2.45) is 11.1 Å². The number of amides is 1. The van der Waals surface area contributed by atoms with E-state index in [-0.39, 0.29) is 23.5 Å². The fraction of sp³-hybridized carbons (Fsp3) is 0.789. The second-order valence-electron chi connectivity index (χ2n) is 8.19. The van der Waals surface area contributed by atoms with Gasteiger partial charge in [0.15, 0.2) is 0 Å². The van der Waals surface area contributed by atoms with Crippen molar-refractivity contribution in [3.8, 4) is 0 Å². The Morgan fingerprint density at radius 3 is 2.77 bits per heavy atom. The van der Waals surface area contributed by atoms with E-state index in [0.29, 0.717) is 39.3 Å². The Morgan fingerprint density at radius 2 is 2.19 bits per heavy atom. The van der Waals surface area contributed by atoms with Crippen LogP contribution in [0.4, 0.5) is 0 Å². The first-order valence-electron chi connectivity index (χ1n) is 9.51. The number of aromatic nitrogens is 2. The molecule has 0 bridgehead atoms. The summed E-state index contributed by atoms with van der Waals surface area (Å²) in [5, 5.41) is 4.50. The van der Waals surface area contributed by atoms with Crippen LogP contribution in [0.1, 0.15) is 38.6 Å². The fourth-order valence-corrected chi connectivity index (χ4v) is 4.15. The molecule has 2 heterocycles. The molecule has 2 aliphatic rings. The Hall–Kier alpha value is -1.44. The SMILES string of the molecule is CCOC1CC(N)(C(=O)N2CCOC(Cn3nc(C)cc3C)C2)C1(C)C. The average molecular weight is 364 g/mol. The van der Waals surface area contributed by atoms with Gasteiger partial charge in [-0.25, -0.2) is 0 Å². The van der Waals surface area contributed by atoms with Crippen LogP contribution in [0.25, 0.3) is 0 Å². The van der Waals surface area contributed by atoms with Gasteiger partial charge in [-0.2, -0.15) is 5.10 Å². The van der Waals surface area contributed by atoms with E-state index in [1.165, 1.54) is 0 Å². The number of ether oxygens (including phenoxy) is 2. The molecule has 1 aromatic heterocycles. The fourth-order valence-electron chi connectivity index (χ4n) is 4.15. The van der Waals surface area contributed by atoms with Crippen LogP contribution < -0.4 is 5.73 Å². The van der Waals surface area contributed by atoms with Gasteiger partial charge in [-0.3, -0.25) is 9.48 Å². The van der Waals surface area contributed by atoms with Crippen molar-refractivity contribution in [2.45, 2.75) is 65.3 Å². The van der Waals surface area contributed by atoms with Crippen LogP contribution in [0.3, 0.4) is 0 Å². The zero-order valence-corrected chi connectivity index (χ0v) is 16.6. The quantitative estimate of drug-likeness (QED) is 0.850. The predicted molar refractivity (Wildman–Crippen MR) is 98.8 cm³/mol. The minimum Gasteiger partial charge on any atom is -0.378 e. The molecule has 2 fully saturated rings. The molecule has 146 valence electrons. The van der Waals surface area contributed by atoms with Gasteiger partial charge in [0.1, 0.15) is 5.54 Å². The van der Waals surface area contributed by atoms with Gasteiger partial charge in [0.05, 0.1) is 31.1 Å². The van der Waals surface area contributed by atoms with Gasteiger partial charge in [0.25, 0.3) is 0 Å². The third-order valence-electron chi connectivity index (χ3n) is 6.12. The molecule has 7 nitrogen and oxygen atoms in total. The van der Waals surface area contributed by atoms with Crippen molar-refractivity contribution in [1.82, 2.24) is 14.7 Å². The van der Waals surface area contributed by atoms with E-state index in [1.54, 1.807) is 0 Å². The first-order valence-corrected chi connectivity index (χ1v) is 9.51. The molecule has 3 unspecified atom stereocenters. The van der Waals surface area contributed by atoms with Crippen molar-refractivity contribution in [3.05, 3.63) is 17.5 Å². The van der Waals surface area contributed by atoms with Crippen LogP contribution in [0, 0.1) is 19.3 Å². The van der Waals surface area contributed by atoms with Crippen molar-refractivity contribution in [1.29, 1.82) is 0 Å². The van der Waals surface area contributed by atoms with Crippen LogP contribution in [0.2, 0.25) is 0 Å². The second kappa shape index (κ2) is 6.94. The van der Waals surface area contributed by atoms with E-state index >= 15 is 0 Å². The maximum Gasteiger partial charge on any atom is 0.243 e. The van der Waals surface area contributed by atoms with Crippen LogP contribution in [-0.2, 0) is 20.8 Å². The number of nitrogens with zero attached hydrogens (tertiary/aromatic N) is 3. The van der Waals surface area contributed by atoms with Gasteiger partial charge < -0.3 is 20.1 Å². The number of hydrogen-bond acceptors (Lipinski definition) is 5. The summed E-state index contributed by atoms with van der Waals surface area (Å²) in [6.45, 7) is 13.0. The maximum atomic E-state index is 13.2. The molecule has 0 spiro atoms. The number of carbonyl (C=O) groups is 1. The van der Waals surface area contributed by atoms with Gasteiger partial charge in [-0.15, -0.1) is 0 Å². The van der Waals surface area contributed by atoms with Crippen molar-refractivity contribution < 1.29 is 14.3 Å². The summed E-state index contributed by atoms with van der Waals surface area (Å²) in [5.41, 5.74) is 7.42. The maximum absolute atomic E-state index is 13.2. The van der Waals surface area contributed by atoms with Gasteiger partial charge in [-0.05, 0) is 26.8 Å². The number of nitrogens with two attached hydrogens (primary N) is 1. The number of aryl methyl sites for hydroxylation is 2. The lowest BCUT2D eigenvalue weighted by Gasteiger charge is -2.59. The summed E-state index contributed by atoms with van der Waals surface area (Å²) in [7, 11) is 0. The predicted octanol–water partition coefficient (Wildman–Crippen LogP) is 1.26. The van der Waals surface area contributed by atoms with Crippen LogP contribution in [0.15, 0.2) is 6.07 Å². The number of morpholine rings is 1.